The number of aliphatic hydroxyl groups is 1. The molecule has 7 atom stereocenters. The van der Waals surface area contributed by atoms with Gasteiger partial charge in [-0.15, -0.1) is 0 Å². The van der Waals surface area contributed by atoms with Gasteiger partial charge in [-0.25, -0.2) is 0 Å². The van der Waals surface area contributed by atoms with E-state index in [1.165, 1.54) is 27.6 Å². The lowest BCUT2D eigenvalue weighted by Gasteiger charge is -2.61. The molecule has 2 aliphatic rings. The molecular weight excluding hydrogens is 612 g/mol. The maximum absolute atomic E-state index is 10.3. The van der Waals surface area contributed by atoms with E-state index in [2.05, 4.69) is 127 Å². The van der Waals surface area contributed by atoms with Crippen molar-refractivity contribution in [3.63, 3.8) is 0 Å². The van der Waals surface area contributed by atoms with Crippen LogP contribution in [0.15, 0.2) is 53.0 Å². The number of aliphatic hydroxyl groups excluding tert-OH is 1. The summed E-state index contributed by atoms with van der Waals surface area (Å²) in [6.07, 6.45) is 4.66. The van der Waals surface area contributed by atoms with Crippen LogP contribution in [0.4, 0.5) is 0 Å². The maximum Gasteiger partial charge on any atom is 0.200 e. The largest absolute Gasteiger partial charge is 0.415 e. The van der Waals surface area contributed by atoms with E-state index in [4.69, 9.17) is 9.16 Å². The van der Waals surface area contributed by atoms with Gasteiger partial charge in [0, 0.05) is 11.1 Å². The first-order chi connectivity index (χ1) is 20.2. The molecule has 0 aromatic heterocycles. The number of fused-ring (bicyclic) bond motifs is 3. The first-order valence-electron chi connectivity index (χ1n) is 17.0. The molecule has 5 heteroatoms. The van der Waals surface area contributed by atoms with Crippen LogP contribution in [0, 0.1) is 17.3 Å². The highest BCUT2D eigenvalue weighted by Gasteiger charge is 2.59. The fraction of sp³-hybridized carbons (Fsp3) is 0.684. The second-order valence-electron chi connectivity index (χ2n) is 15.4. The summed E-state index contributed by atoms with van der Waals surface area (Å²) in [5.41, 5.74) is 5.93. The third-order valence-electron chi connectivity index (χ3n) is 11.7. The fourth-order valence-corrected chi connectivity index (χ4v) is 15.8. The van der Waals surface area contributed by atoms with E-state index < -0.39 is 8.32 Å². The Morgan fingerprint density at radius 3 is 2.12 bits per heavy atom. The Morgan fingerprint density at radius 2 is 1.53 bits per heavy atom. The Bertz CT molecular complexity index is 1180. The molecule has 0 bridgehead atoms. The maximum atomic E-state index is 10.3. The number of hydrogen-bond acceptors (Lipinski definition) is 3. The summed E-state index contributed by atoms with van der Waals surface area (Å²) in [5.74, 6) is 0.784. The molecule has 0 saturated heterocycles. The molecule has 43 heavy (non-hydrogen) atoms. The highest BCUT2D eigenvalue weighted by atomic mass is 79.9. The molecule has 0 radical (unpaired) electrons. The van der Waals surface area contributed by atoms with Crippen LogP contribution in [-0.4, -0.2) is 32.2 Å². The first-order valence-corrected chi connectivity index (χ1v) is 19.9. The van der Waals surface area contributed by atoms with E-state index in [0.29, 0.717) is 34.9 Å². The van der Waals surface area contributed by atoms with Crippen LogP contribution < -0.4 is 0 Å². The zero-order valence-corrected chi connectivity index (χ0v) is 31.2. The third kappa shape index (κ3) is 6.77. The molecule has 2 aliphatic carbocycles. The Hall–Kier alpha value is -0.983. The van der Waals surface area contributed by atoms with E-state index in [1.807, 2.05) is 6.92 Å². The number of hydrogen-bond donors (Lipinski definition) is 1. The third-order valence-corrected chi connectivity index (χ3v) is 18.2. The molecular formula is C38H59BrO3Si. The minimum Gasteiger partial charge on any atom is -0.415 e. The van der Waals surface area contributed by atoms with Gasteiger partial charge in [-0.2, -0.15) is 0 Å². The van der Waals surface area contributed by atoms with Gasteiger partial charge < -0.3 is 14.3 Å². The van der Waals surface area contributed by atoms with Crippen LogP contribution in [-0.2, 0) is 21.0 Å². The van der Waals surface area contributed by atoms with Gasteiger partial charge in [-0.1, -0.05) is 108 Å². The molecule has 2 aromatic rings. The van der Waals surface area contributed by atoms with Crippen LogP contribution in [0.25, 0.3) is 0 Å². The number of halogens is 1. The van der Waals surface area contributed by atoms with Crippen LogP contribution in [0.5, 0.6) is 0 Å². The van der Waals surface area contributed by atoms with Crippen molar-refractivity contribution in [3.05, 3.63) is 69.7 Å². The Balaban J connectivity index is 1.84. The lowest BCUT2D eigenvalue weighted by molar-refractivity contribution is -0.143. The van der Waals surface area contributed by atoms with E-state index in [1.54, 1.807) is 0 Å². The van der Waals surface area contributed by atoms with Crippen molar-refractivity contribution < 1.29 is 14.3 Å². The summed E-state index contributed by atoms with van der Waals surface area (Å²) < 4.78 is 15.8. The molecule has 1 N–H and O–H groups in total. The predicted molar refractivity (Wildman–Crippen MR) is 187 cm³/mol. The minimum absolute atomic E-state index is 0.0384. The van der Waals surface area contributed by atoms with Crippen LogP contribution in [0.2, 0.25) is 16.6 Å². The number of ether oxygens (including phenoxy) is 1. The summed E-state index contributed by atoms with van der Waals surface area (Å²) in [6.45, 7) is 24.3. The van der Waals surface area contributed by atoms with Gasteiger partial charge in [0.15, 0.2) is 8.32 Å². The summed E-state index contributed by atoms with van der Waals surface area (Å²) in [6, 6.07) is 17.9. The average molecular weight is 672 g/mol. The van der Waals surface area contributed by atoms with E-state index in [9.17, 15) is 5.11 Å². The zero-order valence-electron chi connectivity index (χ0n) is 28.6. The predicted octanol–water partition coefficient (Wildman–Crippen LogP) is 10.8. The lowest BCUT2D eigenvalue weighted by Crippen LogP contribution is -2.58. The molecule has 2 aromatic carbocycles. The van der Waals surface area contributed by atoms with Crippen LogP contribution >= 0.6 is 15.9 Å². The van der Waals surface area contributed by atoms with Gasteiger partial charge >= 0.3 is 0 Å². The first kappa shape index (κ1) is 34.9. The fourth-order valence-electron chi connectivity index (χ4n) is 9.86. The Labute approximate surface area is 272 Å². The Morgan fingerprint density at radius 1 is 0.907 bits per heavy atom. The molecule has 0 unspecified atom stereocenters. The van der Waals surface area contributed by atoms with E-state index in [0.717, 1.165) is 25.9 Å². The Kier molecular flexibility index (Phi) is 11.2. The molecule has 4 rings (SSSR count). The van der Waals surface area contributed by atoms with Gasteiger partial charge in [-0.05, 0) is 114 Å². The minimum atomic E-state index is -2.10. The zero-order chi connectivity index (χ0) is 31.7. The van der Waals surface area contributed by atoms with Crippen LogP contribution in [0.3, 0.4) is 0 Å². The van der Waals surface area contributed by atoms with Gasteiger partial charge in [0.05, 0.1) is 18.3 Å². The molecule has 0 amide bonds. The van der Waals surface area contributed by atoms with Crippen molar-refractivity contribution in [3.8, 4) is 0 Å². The van der Waals surface area contributed by atoms with Crippen molar-refractivity contribution >= 4 is 24.2 Å². The average Bonchev–Trinajstić information content (AvgIpc) is 2.92. The number of benzene rings is 2. The van der Waals surface area contributed by atoms with Gasteiger partial charge in [0.1, 0.15) is 0 Å². The number of rotatable bonds is 12. The van der Waals surface area contributed by atoms with Crippen molar-refractivity contribution in [1.29, 1.82) is 0 Å². The second-order valence-corrected chi connectivity index (χ2v) is 21.8. The molecule has 3 nitrogen and oxygen atoms in total. The summed E-state index contributed by atoms with van der Waals surface area (Å²) in [7, 11) is -2.10. The molecule has 1 saturated carbocycles. The van der Waals surface area contributed by atoms with Crippen LogP contribution in [0.1, 0.15) is 118 Å². The second kappa shape index (κ2) is 13.8. The highest BCUT2D eigenvalue weighted by Crippen LogP contribution is 2.63. The quantitative estimate of drug-likeness (QED) is 0.228. The van der Waals surface area contributed by atoms with E-state index in [-0.39, 0.29) is 29.1 Å². The smallest absolute Gasteiger partial charge is 0.200 e. The summed E-state index contributed by atoms with van der Waals surface area (Å²) in [4.78, 5) is 0. The summed E-state index contributed by atoms with van der Waals surface area (Å²) in [5, 5.41) is 10.3. The summed E-state index contributed by atoms with van der Waals surface area (Å²) >= 11 is 3.75. The number of aryl methyl sites for hydroxylation is 1. The van der Waals surface area contributed by atoms with Gasteiger partial charge in [0.2, 0.25) is 0 Å². The molecule has 240 valence electrons. The molecule has 0 heterocycles. The normalized spacial score (nSPS) is 28.1. The van der Waals surface area contributed by atoms with Crippen molar-refractivity contribution in [1.82, 2.24) is 0 Å². The van der Waals surface area contributed by atoms with Gasteiger partial charge in [0.25, 0.3) is 0 Å². The van der Waals surface area contributed by atoms with Crippen molar-refractivity contribution in [2.24, 2.45) is 17.3 Å². The lowest BCUT2D eigenvalue weighted by atomic mass is 9.46. The topological polar surface area (TPSA) is 38.7 Å². The van der Waals surface area contributed by atoms with E-state index >= 15 is 0 Å². The molecule has 1 fully saturated rings. The molecule has 0 spiro atoms. The monoisotopic (exact) mass is 670 g/mol. The standard InChI is InChI=1S/C38H59BrO3Si/c1-25(2)43(26(3)4,27(5)6)41-24-38(10)34(36(30-14-12-11-13-15-30)42-29(8)22-28(7)40)20-21-37(9)33-18-17-32(39)23-31(33)16-19-35(37)38/h11-15,17-18,23,25-29,34-36,40H,16,19-22,24H2,1-10H3/t28-,29-,34+,35-,36-,37+,38+/m0/s1. The molecule has 0 aliphatic heterocycles. The van der Waals surface area contributed by atoms with Crippen molar-refractivity contribution in [2.45, 2.75) is 142 Å². The highest BCUT2D eigenvalue weighted by molar-refractivity contribution is 9.10. The van der Waals surface area contributed by atoms with Gasteiger partial charge in [-0.3, -0.25) is 0 Å². The van der Waals surface area contributed by atoms with Crippen molar-refractivity contribution in [2.75, 3.05) is 6.61 Å². The SMILES string of the molecule is CC(C)[Si](OC[C@]1(C)[C@@H]([C@@H](O[C@@H](C)C[C@H](C)O)c2ccccc2)CC[C@]2(C)c3ccc(Br)cc3CC[C@H]12)(C(C)C)C(C)C.